The molecule has 3 N–H and O–H groups in total. The van der Waals surface area contributed by atoms with Crippen molar-refractivity contribution in [1.29, 1.82) is 0 Å². The number of ether oxygens (including phenoxy) is 2. The molecule has 29 heavy (non-hydrogen) atoms. The van der Waals surface area contributed by atoms with Gasteiger partial charge in [-0.3, -0.25) is 4.99 Å². The van der Waals surface area contributed by atoms with E-state index in [9.17, 15) is 0 Å². The van der Waals surface area contributed by atoms with Gasteiger partial charge in [-0.25, -0.2) is 0 Å². The van der Waals surface area contributed by atoms with Gasteiger partial charge in [-0.2, -0.15) is 0 Å². The number of hydrogen-bond donors (Lipinski definition) is 2. The van der Waals surface area contributed by atoms with E-state index in [2.05, 4.69) is 29.4 Å². The average molecular weight is 530 g/mol. The molecule has 0 saturated carbocycles. The number of halogens is 2. The van der Waals surface area contributed by atoms with Gasteiger partial charge >= 0.3 is 0 Å². The summed E-state index contributed by atoms with van der Waals surface area (Å²) >= 11 is 6.29. The number of nitrogens with zero attached hydrogens (tertiary/aromatic N) is 1. The van der Waals surface area contributed by atoms with Crippen molar-refractivity contribution in [3.8, 4) is 5.75 Å². The second-order valence-corrected chi connectivity index (χ2v) is 7.55. The number of anilines is 1. The normalized spacial score (nSPS) is 16.0. The maximum Gasteiger partial charge on any atom is 0.193 e. The third-order valence-electron chi connectivity index (χ3n) is 5.34. The van der Waals surface area contributed by atoms with Crippen molar-refractivity contribution >= 4 is 47.2 Å². The van der Waals surface area contributed by atoms with E-state index >= 15 is 0 Å². The number of rotatable bonds is 6. The molecule has 0 atom stereocenters. The Labute approximate surface area is 195 Å². The highest BCUT2D eigenvalue weighted by atomic mass is 127. The second kappa shape index (κ2) is 11.0. The first-order chi connectivity index (χ1) is 13.6. The van der Waals surface area contributed by atoms with E-state index < -0.39 is 0 Å². The van der Waals surface area contributed by atoms with Crippen LogP contribution in [0.5, 0.6) is 5.75 Å². The first-order valence-corrected chi connectivity index (χ1v) is 10.0. The van der Waals surface area contributed by atoms with Crippen molar-refractivity contribution in [2.75, 3.05) is 32.2 Å². The van der Waals surface area contributed by atoms with Crippen LogP contribution in [0.3, 0.4) is 0 Å². The summed E-state index contributed by atoms with van der Waals surface area (Å²) in [6.07, 6.45) is 2.65. The summed E-state index contributed by atoms with van der Waals surface area (Å²) in [7, 11) is 1.68. The van der Waals surface area contributed by atoms with E-state index in [1.165, 1.54) is 5.56 Å². The highest BCUT2D eigenvalue weighted by molar-refractivity contribution is 14.0. The first-order valence-electron chi connectivity index (χ1n) is 9.64. The summed E-state index contributed by atoms with van der Waals surface area (Å²) in [5.41, 5.74) is 9.25. The Morgan fingerprint density at radius 1 is 1.24 bits per heavy atom. The number of aliphatic imine (C=N–C) groups is 1. The van der Waals surface area contributed by atoms with Gasteiger partial charge in [0.15, 0.2) is 5.96 Å². The lowest BCUT2D eigenvalue weighted by atomic mass is 9.73. The number of guanidine groups is 1. The smallest absolute Gasteiger partial charge is 0.193 e. The molecule has 0 aromatic heterocycles. The fraction of sp³-hybridized carbons (Fsp3) is 0.409. The molecular weight excluding hydrogens is 501 g/mol. The van der Waals surface area contributed by atoms with E-state index in [0.717, 1.165) is 36.3 Å². The number of aryl methyl sites for hydroxylation is 1. The van der Waals surface area contributed by atoms with Crippen LogP contribution in [0.1, 0.15) is 30.9 Å². The number of hydrogen-bond acceptors (Lipinski definition) is 3. The molecule has 0 spiro atoms. The van der Waals surface area contributed by atoms with Crippen molar-refractivity contribution < 1.29 is 9.47 Å². The summed E-state index contributed by atoms with van der Waals surface area (Å²) in [6, 6.07) is 13.9. The van der Waals surface area contributed by atoms with Gasteiger partial charge in [0.05, 0.1) is 13.7 Å². The Morgan fingerprint density at radius 2 is 2.00 bits per heavy atom. The maximum absolute atomic E-state index is 6.29. The predicted octanol–water partition coefficient (Wildman–Crippen LogP) is 5.00. The van der Waals surface area contributed by atoms with Crippen LogP contribution in [-0.2, 0) is 16.6 Å². The first kappa shape index (κ1) is 23.8. The Kier molecular flexibility index (Phi) is 9.04. The van der Waals surface area contributed by atoms with Crippen LogP contribution in [0, 0.1) is 0 Å². The minimum atomic E-state index is -0.216. The van der Waals surface area contributed by atoms with Crippen molar-refractivity contribution in [3.05, 3.63) is 58.6 Å². The van der Waals surface area contributed by atoms with Gasteiger partial charge in [-0.15, -0.1) is 24.0 Å². The molecule has 7 heteroatoms. The molecule has 1 fully saturated rings. The van der Waals surface area contributed by atoms with Crippen molar-refractivity contribution in [3.63, 3.8) is 0 Å². The molecule has 1 heterocycles. The van der Waals surface area contributed by atoms with Gasteiger partial charge < -0.3 is 20.5 Å². The Balaban J connectivity index is 0.00000300. The molecule has 0 bridgehead atoms. The molecule has 2 aromatic carbocycles. The highest BCUT2D eigenvalue weighted by Crippen LogP contribution is 2.41. The summed E-state index contributed by atoms with van der Waals surface area (Å²) < 4.78 is 11.2. The zero-order valence-electron chi connectivity index (χ0n) is 16.9. The van der Waals surface area contributed by atoms with Gasteiger partial charge in [0, 0.05) is 34.9 Å². The van der Waals surface area contributed by atoms with E-state index in [-0.39, 0.29) is 29.4 Å². The van der Waals surface area contributed by atoms with E-state index in [1.807, 2.05) is 30.3 Å². The molecule has 0 aliphatic carbocycles. The quantitative estimate of drug-likeness (QED) is 0.314. The topological polar surface area (TPSA) is 68.9 Å². The van der Waals surface area contributed by atoms with Crippen LogP contribution < -0.4 is 15.8 Å². The van der Waals surface area contributed by atoms with E-state index in [0.29, 0.717) is 30.7 Å². The van der Waals surface area contributed by atoms with Crippen LogP contribution in [0.25, 0.3) is 0 Å². The molecule has 5 nitrogen and oxygen atoms in total. The number of methoxy groups -OCH3 is 1. The number of nitrogens with two attached hydrogens (primary N) is 1. The summed E-state index contributed by atoms with van der Waals surface area (Å²) in [4.78, 5) is 4.68. The molecular formula is C22H29ClIN3O2. The molecule has 0 unspecified atom stereocenters. The minimum Gasteiger partial charge on any atom is -0.496 e. The lowest BCUT2D eigenvalue weighted by Crippen LogP contribution is -2.38. The monoisotopic (exact) mass is 529 g/mol. The average Bonchev–Trinajstić information content (AvgIpc) is 2.73. The van der Waals surface area contributed by atoms with Gasteiger partial charge in [-0.05, 0) is 55.2 Å². The van der Waals surface area contributed by atoms with Gasteiger partial charge in [-0.1, -0.05) is 30.7 Å². The van der Waals surface area contributed by atoms with E-state index in [1.54, 1.807) is 7.11 Å². The molecule has 3 rings (SSSR count). The zero-order valence-corrected chi connectivity index (χ0v) is 20.0. The molecule has 1 aliphatic heterocycles. The van der Waals surface area contributed by atoms with Crippen molar-refractivity contribution in [2.24, 2.45) is 10.7 Å². The Bertz CT molecular complexity index is 839. The Morgan fingerprint density at radius 3 is 2.69 bits per heavy atom. The fourth-order valence-corrected chi connectivity index (χ4v) is 3.83. The highest BCUT2D eigenvalue weighted by Gasteiger charge is 2.37. The molecule has 2 aromatic rings. The summed E-state index contributed by atoms with van der Waals surface area (Å²) in [5, 5.41) is 3.89. The third kappa shape index (κ3) is 5.99. The predicted molar refractivity (Wildman–Crippen MR) is 131 cm³/mol. The minimum absolute atomic E-state index is 0. The standard InChI is InChI=1S/C22H28ClN3O2.HI/c1-3-16-5-4-6-18(13-16)26-21(24)25-15-22(9-11-28-12-10-22)19-14-17(23)7-8-20(19)27-2;/h4-8,13-14H,3,9-12,15H2,1-2H3,(H3,24,25,26);1H. The maximum atomic E-state index is 6.29. The van der Waals surface area contributed by atoms with Crippen molar-refractivity contribution in [1.82, 2.24) is 0 Å². The lowest BCUT2D eigenvalue weighted by Gasteiger charge is -2.37. The van der Waals surface area contributed by atoms with Gasteiger partial charge in [0.2, 0.25) is 0 Å². The van der Waals surface area contributed by atoms with Crippen LogP contribution in [0.15, 0.2) is 47.5 Å². The zero-order chi connectivity index (χ0) is 20.0. The van der Waals surface area contributed by atoms with Gasteiger partial charge in [0.25, 0.3) is 0 Å². The molecule has 158 valence electrons. The van der Waals surface area contributed by atoms with Crippen LogP contribution in [-0.4, -0.2) is 32.8 Å². The van der Waals surface area contributed by atoms with Crippen LogP contribution in [0.4, 0.5) is 5.69 Å². The molecule has 1 saturated heterocycles. The molecule has 0 amide bonds. The summed E-state index contributed by atoms with van der Waals surface area (Å²) in [5.74, 6) is 1.23. The van der Waals surface area contributed by atoms with Crippen molar-refractivity contribution in [2.45, 2.75) is 31.6 Å². The summed E-state index contributed by atoms with van der Waals surface area (Å²) in [6.45, 7) is 4.03. The number of benzene rings is 2. The van der Waals surface area contributed by atoms with E-state index in [4.69, 9.17) is 26.8 Å². The van der Waals surface area contributed by atoms with Crippen LogP contribution >= 0.6 is 35.6 Å². The lowest BCUT2D eigenvalue weighted by molar-refractivity contribution is 0.0523. The molecule has 0 radical (unpaired) electrons. The SMILES string of the molecule is CCc1cccc(NC(N)=NCC2(c3cc(Cl)ccc3OC)CCOCC2)c1.I. The largest absolute Gasteiger partial charge is 0.496 e. The fourth-order valence-electron chi connectivity index (χ4n) is 3.66. The third-order valence-corrected chi connectivity index (χ3v) is 5.58. The van der Waals surface area contributed by atoms with Gasteiger partial charge in [0.1, 0.15) is 5.75 Å². The number of nitrogens with one attached hydrogen (secondary N) is 1. The second-order valence-electron chi connectivity index (χ2n) is 7.12. The molecule has 1 aliphatic rings. The van der Waals surface area contributed by atoms with Crippen LogP contribution in [0.2, 0.25) is 5.02 Å². The Hall–Kier alpha value is -1.51.